The van der Waals surface area contributed by atoms with Gasteiger partial charge in [0.25, 0.3) is 5.91 Å². The van der Waals surface area contributed by atoms with Gasteiger partial charge in [0.2, 0.25) is 0 Å². The van der Waals surface area contributed by atoms with Crippen molar-refractivity contribution in [1.82, 2.24) is 5.32 Å². The van der Waals surface area contributed by atoms with Crippen molar-refractivity contribution in [3.05, 3.63) is 59.1 Å². The lowest BCUT2D eigenvalue weighted by molar-refractivity contribution is -0.128. The minimum absolute atomic E-state index is 0.119. The summed E-state index contributed by atoms with van der Waals surface area (Å²) >= 11 is 5.86. The molecule has 0 saturated carbocycles. The van der Waals surface area contributed by atoms with Crippen LogP contribution in [0.15, 0.2) is 48.5 Å². The highest BCUT2D eigenvalue weighted by molar-refractivity contribution is 6.30. The van der Waals surface area contributed by atoms with E-state index in [1.54, 1.807) is 31.4 Å². The van der Waals surface area contributed by atoms with Crippen LogP contribution in [-0.2, 0) is 4.79 Å². The zero-order valence-electron chi connectivity index (χ0n) is 14.1. The van der Waals surface area contributed by atoms with Gasteiger partial charge in [0.1, 0.15) is 11.5 Å². The van der Waals surface area contributed by atoms with E-state index in [9.17, 15) is 4.79 Å². The van der Waals surface area contributed by atoms with Crippen LogP contribution in [0.4, 0.5) is 0 Å². The first-order chi connectivity index (χ1) is 11.5. The summed E-state index contributed by atoms with van der Waals surface area (Å²) in [4.78, 5) is 12.5. The maximum Gasteiger partial charge on any atom is 0.261 e. The lowest BCUT2D eigenvalue weighted by atomic mass is 10.1. The highest BCUT2D eigenvalue weighted by Crippen LogP contribution is 2.20. The molecule has 4 nitrogen and oxygen atoms in total. The molecule has 2 aromatic rings. The van der Waals surface area contributed by atoms with Crippen LogP contribution >= 0.6 is 11.6 Å². The average Bonchev–Trinajstić information content (AvgIpc) is 2.61. The van der Waals surface area contributed by atoms with E-state index in [1.165, 1.54) is 0 Å². The first-order valence-electron chi connectivity index (χ1n) is 7.90. The Morgan fingerprint density at radius 3 is 2.21 bits per heavy atom. The minimum atomic E-state index is -0.549. The Labute approximate surface area is 147 Å². The summed E-state index contributed by atoms with van der Waals surface area (Å²) in [6, 6.07) is 14.5. The van der Waals surface area contributed by atoms with E-state index < -0.39 is 6.10 Å². The molecule has 5 heteroatoms. The van der Waals surface area contributed by atoms with E-state index in [0.29, 0.717) is 17.2 Å². The number of rotatable bonds is 7. The number of halogens is 1. The van der Waals surface area contributed by atoms with Crippen LogP contribution in [0.3, 0.4) is 0 Å². The van der Waals surface area contributed by atoms with E-state index in [-0.39, 0.29) is 11.9 Å². The van der Waals surface area contributed by atoms with Gasteiger partial charge in [-0.2, -0.15) is 0 Å². The summed E-state index contributed by atoms with van der Waals surface area (Å²) < 4.78 is 10.9. The summed E-state index contributed by atoms with van der Waals surface area (Å²) in [5.41, 5.74) is 1.01. The number of ether oxygens (including phenoxy) is 2. The van der Waals surface area contributed by atoms with Crippen LogP contribution in [0, 0.1) is 0 Å². The molecule has 1 amide bonds. The van der Waals surface area contributed by atoms with E-state index in [1.807, 2.05) is 38.1 Å². The minimum Gasteiger partial charge on any atom is -0.497 e. The zero-order chi connectivity index (χ0) is 17.5. The van der Waals surface area contributed by atoms with Crippen molar-refractivity contribution < 1.29 is 14.3 Å². The molecular weight excluding hydrogens is 326 g/mol. The van der Waals surface area contributed by atoms with Crippen molar-refractivity contribution in [1.29, 1.82) is 0 Å². The van der Waals surface area contributed by atoms with Crippen LogP contribution < -0.4 is 14.8 Å². The standard InChI is InChI=1S/C19H22ClNO3/c1-4-18(24-17-11-7-15(20)8-12-17)19(22)21-13(2)14-5-9-16(23-3)10-6-14/h5-13,18H,4H2,1-3H3,(H,21,22)/t13-,18+/m0/s1. The molecule has 0 saturated heterocycles. The third kappa shape index (κ3) is 4.90. The normalized spacial score (nSPS) is 13.0. The van der Waals surface area contributed by atoms with Gasteiger partial charge in [-0.05, 0) is 55.3 Å². The summed E-state index contributed by atoms with van der Waals surface area (Å²) in [5.74, 6) is 1.27. The highest BCUT2D eigenvalue weighted by Gasteiger charge is 2.20. The molecular formula is C19H22ClNO3. The van der Waals surface area contributed by atoms with Gasteiger partial charge in [-0.3, -0.25) is 4.79 Å². The maximum atomic E-state index is 12.5. The van der Waals surface area contributed by atoms with Crippen LogP contribution in [-0.4, -0.2) is 19.1 Å². The molecule has 0 radical (unpaired) electrons. The first-order valence-corrected chi connectivity index (χ1v) is 8.27. The van der Waals surface area contributed by atoms with Gasteiger partial charge >= 0.3 is 0 Å². The fourth-order valence-corrected chi connectivity index (χ4v) is 2.41. The zero-order valence-corrected chi connectivity index (χ0v) is 14.8. The van der Waals surface area contributed by atoms with Crippen molar-refractivity contribution in [3.63, 3.8) is 0 Å². The van der Waals surface area contributed by atoms with Gasteiger partial charge in [0.05, 0.1) is 13.2 Å². The predicted molar refractivity (Wildman–Crippen MR) is 95.7 cm³/mol. The molecule has 128 valence electrons. The van der Waals surface area contributed by atoms with E-state index >= 15 is 0 Å². The van der Waals surface area contributed by atoms with Gasteiger partial charge in [-0.1, -0.05) is 30.7 Å². The number of hydrogen-bond acceptors (Lipinski definition) is 3. The third-order valence-corrected chi connectivity index (χ3v) is 3.98. The van der Waals surface area contributed by atoms with Crippen LogP contribution in [0.2, 0.25) is 5.02 Å². The van der Waals surface area contributed by atoms with Gasteiger partial charge in [0.15, 0.2) is 6.10 Å². The maximum absolute atomic E-state index is 12.5. The second-order valence-corrected chi connectivity index (χ2v) is 5.91. The molecule has 0 spiro atoms. The number of amides is 1. The van der Waals surface area contributed by atoms with Gasteiger partial charge in [-0.15, -0.1) is 0 Å². The molecule has 0 aromatic heterocycles. The molecule has 2 rings (SSSR count). The van der Waals surface area contributed by atoms with E-state index in [0.717, 1.165) is 11.3 Å². The highest BCUT2D eigenvalue weighted by atomic mass is 35.5. The fraction of sp³-hybridized carbons (Fsp3) is 0.316. The average molecular weight is 348 g/mol. The molecule has 2 atom stereocenters. The van der Waals surface area contributed by atoms with Crippen LogP contribution in [0.1, 0.15) is 31.9 Å². The second-order valence-electron chi connectivity index (χ2n) is 5.47. The van der Waals surface area contributed by atoms with Gasteiger partial charge in [-0.25, -0.2) is 0 Å². The molecule has 1 N–H and O–H groups in total. The molecule has 2 aromatic carbocycles. The van der Waals surface area contributed by atoms with Gasteiger partial charge in [0, 0.05) is 5.02 Å². The largest absolute Gasteiger partial charge is 0.497 e. The van der Waals surface area contributed by atoms with Crippen LogP contribution in [0.5, 0.6) is 11.5 Å². The second kappa shape index (κ2) is 8.60. The Bertz CT molecular complexity index is 655. The van der Waals surface area contributed by atoms with E-state index in [4.69, 9.17) is 21.1 Å². The lowest BCUT2D eigenvalue weighted by Crippen LogP contribution is -2.39. The molecule has 0 aliphatic rings. The molecule has 0 unspecified atom stereocenters. The first kappa shape index (κ1) is 18.1. The quantitative estimate of drug-likeness (QED) is 0.808. The van der Waals surface area contributed by atoms with Crippen molar-refractivity contribution in [2.75, 3.05) is 7.11 Å². The third-order valence-electron chi connectivity index (χ3n) is 3.73. The Balaban J connectivity index is 1.98. The molecule has 0 aliphatic heterocycles. The number of benzene rings is 2. The lowest BCUT2D eigenvalue weighted by Gasteiger charge is -2.21. The Hall–Kier alpha value is -2.20. The SMILES string of the molecule is CC[C@@H](Oc1ccc(Cl)cc1)C(=O)N[C@@H](C)c1ccc(OC)cc1. The van der Waals surface area contributed by atoms with Crippen LogP contribution in [0.25, 0.3) is 0 Å². The molecule has 0 aliphatic carbocycles. The number of carbonyl (C=O) groups excluding carboxylic acids is 1. The van der Waals surface area contributed by atoms with Crippen molar-refractivity contribution in [2.45, 2.75) is 32.4 Å². The van der Waals surface area contributed by atoms with E-state index in [2.05, 4.69) is 5.32 Å². The number of carbonyl (C=O) groups is 1. The van der Waals surface area contributed by atoms with Crippen molar-refractivity contribution >= 4 is 17.5 Å². The molecule has 0 bridgehead atoms. The summed E-state index contributed by atoms with van der Waals surface area (Å²) in [7, 11) is 1.63. The van der Waals surface area contributed by atoms with Crippen molar-refractivity contribution in [2.24, 2.45) is 0 Å². The Kier molecular flexibility index (Phi) is 6.50. The molecule has 0 heterocycles. The Morgan fingerprint density at radius 2 is 1.67 bits per heavy atom. The summed E-state index contributed by atoms with van der Waals surface area (Å²) in [6.07, 6.45) is 0.0240. The number of methoxy groups -OCH3 is 1. The predicted octanol–water partition coefficient (Wildman–Crippen LogP) is 4.38. The summed E-state index contributed by atoms with van der Waals surface area (Å²) in [6.45, 7) is 3.85. The number of nitrogens with one attached hydrogen (secondary N) is 1. The smallest absolute Gasteiger partial charge is 0.261 e. The van der Waals surface area contributed by atoms with Gasteiger partial charge < -0.3 is 14.8 Å². The molecule has 24 heavy (non-hydrogen) atoms. The fourth-order valence-electron chi connectivity index (χ4n) is 2.28. The molecule has 0 fully saturated rings. The number of hydrogen-bond donors (Lipinski definition) is 1. The summed E-state index contributed by atoms with van der Waals surface area (Å²) in [5, 5.41) is 3.62. The Morgan fingerprint density at radius 1 is 1.08 bits per heavy atom. The topological polar surface area (TPSA) is 47.6 Å². The monoisotopic (exact) mass is 347 g/mol. The van der Waals surface area contributed by atoms with Crippen molar-refractivity contribution in [3.8, 4) is 11.5 Å².